The van der Waals surface area contributed by atoms with Crippen molar-refractivity contribution in [3.05, 3.63) is 34.6 Å². The summed E-state index contributed by atoms with van der Waals surface area (Å²) in [4.78, 5) is 22.6. The van der Waals surface area contributed by atoms with Gasteiger partial charge in [0.2, 0.25) is 0 Å². The second kappa shape index (κ2) is 4.77. The van der Waals surface area contributed by atoms with Crippen LogP contribution in [0.25, 0.3) is 0 Å². The molecule has 1 N–H and O–H groups in total. The van der Waals surface area contributed by atoms with Crippen molar-refractivity contribution in [2.24, 2.45) is 0 Å². The Balaban J connectivity index is 2.40. The van der Waals surface area contributed by atoms with Crippen LogP contribution in [0.4, 0.5) is 17.6 Å². The van der Waals surface area contributed by atoms with Crippen molar-refractivity contribution < 1.29 is 32.3 Å². The van der Waals surface area contributed by atoms with Crippen molar-refractivity contribution in [2.75, 3.05) is 6.54 Å². The highest BCUT2D eigenvalue weighted by molar-refractivity contribution is 5.90. The highest BCUT2D eigenvalue weighted by Crippen LogP contribution is 2.28. The number of hydrogen-bond acceptors (Lipinski definition) is 2. The molecule has 0 aromatic heterocycles. The van der Waals surface area contributed by atoms with Crippen LogP contribution in [0.2, 0.25) is 0 Å². The molecule has 0 saturated heterocycles. The topological polar surface area (TPSA) is 57.6 Å². The maximum Gasteiger partial charge on any atom is 0.471 e. The number of carboxylic acids is 1. The number of carbonyl (C=O) groups is 2. The third-order valence-electron chi connectivity index (χ3n) is 3.11. The van der Waals surface area contributed by atoms with E-state index in [1.165, 1.54) is 0 Å². The number of hydrogen-bond donors (Lipinski definition) is 1. The molecule has 1 aliphatic heterocycles. The molecular formula is C12H9F4NO3. The van der Waals surface area contributed by atoms with E-state index in [-0.39, 0.29) is 29.7 Å². The van der Waals surface area contributed by atoms with Crippen molar-refractivity contribution in [3.63, 3.8) is 0 Å². The summed E-state index contributed by atoms with van der Waals surface area (Å²) in [5.41, 5.74) is -0.321. The van der Waals surface area contributed by atoms with Crippen LogP contribution in [0.3, 0.4) is 0 Å². The third-order valence-corrected chi connectivity index (χ3v) is 3.11. The number of alkyl halides is 3. The van der Waals surface area contributed by atoms with E-state index in [4.69, 9.17) is 5.11 Å². The molecule has 4 nitrogen and oxygen atoms in total. The fraction of sp³-hybridized carbons (Fsp3) is 0.333. The minimum Gasteiger partial charge on any atom is -0.478 e. The Labute approximate surface area is 110 Å². The average molecular weight is 291 g/mol. The van der Waals surface area contributed by atoms with Crippen LogP contribution in [0, 0.1) is 5.82 Å². The Bertz CT molecular complexity index is 583. The Morgan fingerprint density at radius 2 is 1.85 bits per heavy atom. The van der Waals surface area contributed by atoms with E-state index in [0.717, 1.165) is 12.1 Å². The number of benzene rings is 1. The zero-order valence-electron chi connectivity index (χ0n) is 10.00. The molecule has 20 heavy (non-hydrogen) atoms. The Morgan fingerprint density at radius 3 is 2.40 bits per heavy atom. The number of carboxylic acid groups (broad SMARTS) is 1. The molecule has 0 bridgehead atoms. The van der Waals surface area contributed by atoms with Gasteiger partial charge in [-0.3, -0.25) is 4.79 Å². The third kappa shape index (κ3) is 2.45. The van der Waals surface area contributed by atoms with E-state index >= 15 is 0 Å². The van der Waals surface area contributed by atoms with Gasteiger partial charge in [-0.15, -0.1) is 0 Å². The lowest BCUT2D eigenvalue weighted by atomic mass is 9.94. The summed E-state index contributed by atoms with van der Waals surface area (Å²) in [5.74, 6) is -4.10. The minimum atomic E-state index is -5.03. The van der Waals surface area contributed by atoms with E-state index in [0.29, 0.717) is 4.90 Å². The lowest BCUT2D eigenvalue weighted by Gasteiger charge is -2.30. The normalized spacial score (nSPS) is 14.9. The molecule has 0 aliphatic carbocycles. The molecule has 0 atom stereocenters. The molecule has 1 amide bonds. The van der Waals surface area contributed by atoms with Crippen LogP contribution in [-0.4, -0.2) is 34.6 Å². The van der Waals surface area contributed by atoms with Gasteiger partial charge in [-0.05, 0) is 29.7 Å². The fourth-order valence-electron chi connectivity index (χ4n) is 2.18. The quantitative estimate of drug-likeness (QED) is 0.805. The van der Waals surface area contributed by atoms with E-state index in [1.54, 1.807) is 0 Å². The number of nitrogens with zero attached hydrogens (tertiary/aromatic N) is 1. The molecule has 0 spiro atoms. The highest BCUT2D eigenvalue weighted by Gasteiger charge is 2.43. The summed E-state index contributed by atoms with van der Waals surface area (Å²) in [6, 6.07) is 1.95. The van der Waals surface area contributed by atoms with Crippen LogP contribution < -0.4 is 0 Å². The van der Waals surface area contributed by atoms with Gasteiger partial charge < -0.3 is 10.0 Å². The Morgan fingerprint density at radius 1 is 1.20 bits per heavy atom. The number of halogens is 4. The van der Waals surface area contributed by atoms with Crippen LogP contribution in [-0.2, 0) is 17.8 Å². The summed E-state index contributed by atoms with van der Waals surface area (Å²) >= 11 is 0. The van der Waals surface area contributed by atoms with Gasteiger partial charge in [0.05, 0.1) is 5.56 Å². The lowest BCUT2D eigenvalue weighted by Crippen LogP contribution is -2.44. The second-order valence-corrected chi connectivity index (χ2v) is 4.33. The summed E-state index contributed by atoms with van der Waals surface area (Å²) in [6.07, 6.45) is -5.18. The van der Waals surface area contributed by atoms with Gasteiger partial charge in [0, 0.05) is 13.1 Å². The first-order valence-electron chi connectivity index (χ1n) is 5.61. The van der Waals surface area contributed by atoms with Crippen LogP contribution >= 0.6 is 0 Å². The number of carbonyl (C=O) groups excluding carboxylic acids is 1. The smallest absolute Gasteiger partial charge is 0.471 e. The summed E-state index contributed by atoms with van der Waals surface area (Å²) in [5, 5.41) is 8.97. The zero-order valence-corrected chi connectivity index (χ0v) is 10.00. The van der Waals surface area contributed by atoms with E-state index in [9.17, 15) is 27.2 Å². The number of aromatic carboxylic acids is 1. The summed E-state index contributed by atoms with van der Waals surface area (Å²) in [6.45, 7) is -0.863. The Hall–Kier alpha value is -2.12. The average Bonchev–Trinajstić information content (AvgIpc) is 2.36. The van der Waals surface area contributed by atoms with Gasteiger partial charge in [-0.2, -0.15) is 13.2 Å². The van der Waals surface area contributed by atoms with Gasteiger partial charge in [-0.25, -0.2) is 9.18 Å². The molecule has 108 valence electrons. The standard InChI is InChI=1S/C12H9F4NO3/c13-9-2-1-7(10(18)19)8-5-17(4-3-6(8)9)11(20)12(14,15)16/h1-2H,3-5H2,(H,18,19). The van der Waals surface area contributed by atoms with Crippen molar-refractivity contribution >= 4 is 11.9 Å². The van der Waals surface area contributed by atoms with Crippen LogP contribution in [0.5, 0.6) is 0 Å². The molecule has 1 heterocycles. The van der Waals surface area contributed by atoms with E-state index in [2.05, 4.69) is 0 Å². The molecule has 1 aliphatic rings. The second-order valence-electron chi connectivity index (χ2n) is 4.33. The van der Waals surface area contributed by atoms with Crippen molar-refractivity contribution in [1.29, 1.82) is 0 Å². The SMILES string of the molecule is O=C(O)c1ccc(F)c2c1CN(C(=O)C(F)(F)F)CC2. The maximum atomic E-state index is 13.6. The molecule has 8 heteroatoms. The van der Waals surface area contributed by atoms with Crippen molar-refractivity contribution in [2.45, 2.75) is 19.1 Å². The lowest BCUT2D eigenvalue weighted by molar-refractivity contribution is -0.186. The molecule has 0 unspecified atom stereocenters. The number of rotatable bonds is 1. The first-order valence-corrected chi connectivity index (χ1v) is 5.61. The molecule has 0 radical (unpaired) electrons. The van der Waals surface area contributed by atoms with Gasteiger partial charge in [0.1, 0.15) is 5.82 Å². The van der Waals surface area contributed by atoms with E-state index in [1.807, 2.05) is 0 Å². The van der Waals surface area contributed by atoms with Crippen molar-refractivity contribution in [3.8, 4) is 0 Å². The van der Waals surface area contributed by atoms with Crippen molar-refractivity contribution in [1.82, 2.24) is 4.90 Å². The number of fused-ring (bicyclic) bond motifs is 1. The van der Waals surface area contributed by atoms with Gasteiger partial charge in [0.15, 0.2) is 0 Å². The monoisotopic (exact) mass is 291 g/mol. The van der Waals surface area contributed by atoms with Crippen LogP contribution in [0.1, 0.15) is 21.5 Å². The van der Waals surface area contributed by atoms with Gasteiger partial charge >= 0.3 is 18.1 Å². The van der Waals surface area contributed by atoms with E-state index < -0.39 is 30.4 Å². The molecular weight excluding hydrogens is 282 g/mol. The summed E-state index contributed by atoms with van der Waals surface area (Å²) in [7, 11) is 0. The molecule has 2 rings (SSSR count). The fourth-order valence-corrected chi connectivity index (χ4v) is 2.18. The van der Waals surface area contributed by atoms with Gasteiger partial charge in [0.25, 0.3) is 0 Å². The first-order chi connectivity index (χ1) is 9.21. The maximum absolute atomic E-state index is 13.6. The number of amides is 1. The first kappa shape index (κ1) is 14.3. The predicted molar refractivity (Wildman–Crippen MR) is 58.5 cm³/mol. The van der Waals surface area contributed by atoms with Gasteiger partial charge in [-0.1, -0.05) is 0 Å². The van der Waals surface area contributed by atoms with Crippen LogP contribution in [0.15, 0.2) is 12.1 Å². The highest BCUT2D eigenvalue weighted by atomic mass is 19.4. The minimum absolute atomic E-state index is 0.0520. The largest absolute Gasteiger partial charge is 0.478 e. The molecule has 0 fully saturated rings. The Kier molecular flexibility index (Phi) is 3.41. The predicted octanol–water partition coefficient (Wildman–Crippen LogP) is 1.97. The summed E-state index contributed by atoms with van der Waals surface area (Å²) < 4.78 is 50.7. The molecule has 1 aromatic carbocycles. The zero-order chi connectivity index (χ0) is 15.1. The molecule has 1 aromatic rings. The molecule has 0 saturated carbocycles.